The van der Waals surface area contributed by atoms with Gasteiger partial charge in [-0.1, -0.05) is 28.1 Å². The first-order valence-corrected chi connectivity index (χ1v) is 7.80. The molecule has 0 aromatic heterocycles. The van der Waals surface area contributed by atoms with Crippen molar-refractivity contribution in [1.82, 2.24) is 0 Å². The minimum absolute atomic E-state index is 0.152. The minimum atomic E-state index is -0.152. The van der Waals surface area contributed by atoms with Crippen LogP contribution in [-0.4, -0.2) is 13.2 Å². The lowest BCUT2D eigenvalue weighted by Crippen LogP contribution is -2.34. The molecule has 0 atom stereocenters. The molecule has 0 heterocycles. The van der Waals surface area contributed by atoms with Crippen LogP contribution >= 0.6 is 15.9 Å². The van der Waals surface area contributed by atoms with E-state index in [0.29, 0.717) is 12.0 Å². The molecule has 1 aliphatic rings. The first-order valence-electron chi connectivity index (χ1n) is 7.00. The number of nitrogens with one attached hydrogen (secondary N) is 1. The fourth-order valence-electron chi connectivity index (χ4n) is 2.77. The van der Waals surface area contributed by atoms with E-state index in [1.165, 1.54) is 6.07 Å². The lowest BCUT2D eigenvalue weighted by molar-refractivity contribution is 0.372. The van der Waals surface area contributed by atoms with Gasteiger partial charge < -0.3 is 10.1 Å². The van der Waals surface area contributed by atoms with Gasteiger partial charge in [-0.05, 0) is 48.6 Å². The molecule has 2 aromatic carbocycles. The summed E-state index contributed by atoms with van der Waals surface area (Å²) < 4.78 is 19.5. The lowest BCUT2D eigenvalue weighted by Gasteiger charge is -2.37. The topological polar surface area (TPSA) is 21.3 Å². The molecule has 3 rings (SSSR count). The molecule has 21 heavy (non-hydrogen) atoms. The van der Waals surface area contributed by atoms with Crippen molar-refractivity contribution in [3.63, 3.8) is 0 Å². The zero-order valence-electron chi connectivity index (χ0n) is 11.8. The number of methoxy groups -OCH3 is 1. The maximum atomic E-state index is 13.2. The Labute approximate surface area is 132 Å². The number of hydrogen-bond acceptors (Lipinski definition) is 2. The van der Waals surface area contributed by atoms with Crippen LogP contribution in [0.3, 0.4) is 0 Å². The molecule has 0 saturated heterocycles. The Hall–Kier alpha value is -1.55. The molecule has 0 aliphatic heterocycles. The van der Waals surface area contributed by atoms with Crippen molar-refractivity contribution < 1.29 is 9.13 Å². The van der Waals surface area contributed by atoms with Crippen molar-refractivity contribution in [3.8, 4) is 5.75 Å². The predicted octanol–water partition coefficient (Wildman–Crippen LogP) is 4.95. The summed E-state index contributed by atoms with van der Waals surface area (Å²) in [6, 6.07) is 13.3. The van der Waals surface area contributed by atoms with Gasteiger partial charge in [-0.3, -0.25) is 0 Å². The maximum Gasteiger partial charge on any atom is 0.123 e. The van der Waals surface area contributed by atoms with E-state index in [1.807, 2.05) is 24.3 Å². The van der Waals surface area contributed by atoms with Crippen LogP contribution < -0.4 is 10.1 Å². The van der Waals surface area contributed by atoms with Crippen molar-refractivity contribution in [2.45, 2.75) is 24.8 Å². The van der Waals surface area contributed by atoms with E-state index >= 15 is 0 Å². The van der Waals surface area contributed by atoms with Crippen LogP contribution in [0.15, 0.2) is 46.9 Å². The molecular weight excluding hydrogens is 333 g/mol. The minimum Gasteiger partial charge on any atom is -0.497 e. The van der Waals surface area contributed by atoms with Gasteiger partial charge in [0.1, 0.15) is 11.6 Å². The van der Waals surface area contributed by atoms with E-state index in [9.17, 15) is 4.39 Å². The summed E-state index contributed by atoms with van der Waals surface area (Å²) in [6.45, 7) is 0. The molecule has 2 nitrogen and oxygen atoms in total. The van der Waals surface area contributed by atoms with Gasteiger partial charge in [-0.2, -0.15) is 0 Å². The summed E-state index contributed by atoms with van der Waals surface area (Å²) in [6.07, 6.45) is 2.05. The molecule has 0 unspecified atom stereocenters. The highest BCUT2D eigenvalue weighted by molar-refractivity contribution is 9.10. The summed E-state index contributed by atoms with van der Waals surface area (Å²) >= 11 is 3.48. The van der Waals surface area contributed by atoms with Gasteiger partial charge in [-0.25, -0.2) is 4.39 Å². The molecular formula is C17H17BrFNO. The van der Waals surface area contributed by atoms with Gasteiger partial charge in [0.25, 0.3) is 0 Å². The monoisotopic (exact) mass is 349 g/mol. The van der Waals surface area contributed by atoms with Crippen LogP contribution in [0.4, 0.5) is 10.1 Å². The van der Waals surface area contributed by atoms with Crippen molar-refractivity contribution in [3.05, 3.63) is 58.3 Å². The van der Waals surface area contributed by atoms with Crippen molar-refractivity contribution in [1.29, 1.82) is 0 Å². The lowest BCUT2D eigenvalue weighted by atomic mass is 9.76. The summed E-state index contributed by atoms with van der Waals surface area (Å²) in [5, 5.41) is 3.50. The van der Waals surface area contributed by atoms with E-state index in [2.05, 4.69) is 21.2 Å². The van der Waals surface area contributed by atoms with Crippen molar-refractivity contribution in [2.24, 2.45) is 0 Å². The Morgan fingerprint density at radius 3 is 2.71 bits per heavy atom. The van der Waals surface area contributed by atoms with Gasteiger partial charge in [0.15, 0.2) is 0 Å². The number of anilines is 1. The predicted molar refractivity (Wildman–Crippen MR) is 86.5 cm³/mol. The van der Waals surface area contributed by atoms with Gasteiger partial charge in [0.05, 0.1) is 7.11 Å². The third-order valence-corrected chi connectivity index (χ3v) is 4.39. The van der Waals surface area contributed by atoms with E-state index < -0.39 is 0 Å². The molecule has 0 spiro atoms. The number of hydrogen-bond donors (Lipinski definition) is 1. The third kappa shape index (κ3) is 3.38. The molecule has 2 aromatic rings. The van der Waals surface area contributed by atoms with Crippen molar-refractivity contribution in [2.75, 3.05) is 12.4 Å². The fourth-order valence-corrected chi connectivity index (χ4v) is 3.24. The highest BCUT2D eigenvalue weighted by atomic mass is 79.9. The number of halogens is 2. The van der Waals surface area contributed by atoms with Crippen LogP contribution in [0.2, 0.25) is 0 Å². The molecule has 1 saturated carbocycles. The summed E-state index contributed by atoms with van der Waals surface area (Å²) in [5.74, 6) is 1.13. The quantitative estimate of drug-likeness (QED) is 0.842. The maximum absolute atomic E-state index is 13.2. The standard InChI is InChI=1S/C17H17BrFNO/c1-21-17-9-13(18)8-16(10-17)20-15-6-12(7-15)11-3-2-4-14(19)5-11/h2-5,8-10,12,15,20H,6-7H2,1H3. The second-order valence-electron chi connectivity index (χ2n) is 5.44. The SMILES string of the molecule is COc1cc(Br)cc(NC2CC(c3cccc(F)c3)C2)c1. The van der Waals surface area contributed by atoms with Crippen LogP contribution in [0.5, 0.6) is 5.75 Å². The van der Waals surface area contributed by atoms with Crippen LogP contribution in [0.1, 0.15) is 24.3 Å². The summed E-state index contributed by atoms with van der Waals surface area (Å²) in [4.78, 5) is 0. The smallest absolute Gasteiger partial charge is 0.123 e. The molecule has 110 valence electrons. The van der Waals surface area contributed by atoms with E-state index in [-0.39, 0.29) is 5.82 Å². The largest absolute Gasteiger partial charge is 0.497 e. The molecule has 1 fully saturated rings. The van der Waals surface area contributed by atoms with Crippen LogP contribution in [0.25, 0.3) is 0 Å². The Kier molecular flexibility index (Phi) is 4.15. The molecule has 0 bridgehead atoms. The second-order valence-corrected chi connectivity index (χ2v) is 6.36. The van der Waals surface area contributed by atoms with Crippen molar-refractivity contribution >= 4 is 21.6 Å². The normalized spacial score (nSPS) is 20.7. The highest BCUT2D eigenvalue weighted by Crippen LogP contribution is 2.39. The molecule has 1 aliphatic carbocycles. The fraction of sp³-hybridized carbons (Fsp3) is 0.294. The molecule has 0 amide bonds. The molecule has 0 radical (unpaired) electrons. The van der Waals surface area contributed by atoms with E-state index in [4.69, 9.17) is 4.74 Å². The number of benzene rings is 2. The average Bonchev–Trinajstić information content (AvgIpc) is 2.41. The van der Waals surface area contributed by atoms with Gasteiger partial charge in [0.2, 0.25) is 0 Å². The highest BCUT2D eigenvalue weighted by Gasteiger charge is 2.30. The zero-order chi connectivity index (χ0) is 14.8. The van der Waals surface area contributed by atoms with Crippen LogP contribution in [-0.2, 0) is 0 Å². The zero-order valence-corrected chi connectivity index (χ0v) is 13.4. The Morgan fingerprint density at radius 1 is 1.19 bits per heavy atom. The Balaban J connectivity index is 1.61. The van der Waals surface area contributed by atoms with Gasteiger partial charge in [-0.15, -0.1) is 0 Å². The first-order chi connectivity index (χ1) is 10.1. The third-order valence-electron chi connectivity index (χ3n) is 3.94. The van der Waals surface area contributed by atoms with E-state index in [0.717, 1.165) is 34.3 Å². The summed E-state index contributed by atoms with van der Waals surface area (Å²) in [7, 11) is 1.66. The Bertz CT molecular complexity index is 640. The van der Waals surface area contributed by atoms with Gasteiger partial charge in [0, 0.05) is 22.3 Å². The van der Waals surface area contributed by atoms with E-state index in [1.54, 1.807) is 19.2 Å². The number of rotatable bonds is 4. The first kappa shape index (κ1) is 14.4. The second kappa shape index (κ2) is 6.06. The van der Waals surface area contributed by atoms with Gasteiger partial charge >= 0.3 is 0 Å². The van der Waals surface area contributed by atoms with Crippen LogP contribution in [0, 0.1) is 5.82 Å². The average molecular weight is 350 g/mol. The number of ether oxygens (including phenoxy) is 1. The molecule has 1 N–H and O–H groups in total. The Morgan fingerprint density at radius 2 is 2.00 bits per heavy atom. The summed E-state index contributed by atoms with van der Waals surface area (Å²) in [5.41, 5.74) is 2.14. The molecule has 4 heteroatoms.